The van der Waals surface area contributed by atoms with E-state index >= 15 is 0 Å². The summed E-state index contributed by atoms with van der Waals surface area (Å²) in [6, 6.07) is 12.1. The molecule has 0 aliphatic carbocycles. The fourth-order valence-electron chi connectivity index (χ4n) is 3.32. The van der Waals surface area contributed by atoms with E-state index in [4.69, 9.17) is 5.14 Å². The monoisotopic (exact) mass is 386 g/mol. The molecule has 1 aliphatic rings. The predicted octanol–water partition coefficient (Wildman–Crippen LogP) is 2.19. The third-order valence-electron chi connectivity index (χ3n) is 4.88. The first-order valence-electron chi connectivity index (χ1n) is 8.77. The highest BCUT2D eigenvalue weighted by Crippen LogP contribution is 2.23. The van der Waals surface area contributed by atoms with E-state index < -0.39 is 10.0 Å². The number of primary sulfonamides is 1. The van der Waals surface area contributed by atoms with E-state index in [9.17, 15) is 18.0 Å². The van der Waals surface area contributed by atoms with Crippen molar-refractivity contribution in [2.24, 2.45) is 5.14 Å². The van der Waals surface area contributed by atoms with Gasteiger partial charge in [0.15, 0.2) is 5.78 Å². The second kappa shape index (κ2) is 7.62. The van der Waals surface area contributed by atoms with Gasteiger partial charge < -0.3 is 4.90 Å². The first kappa shape index (κ1) is 19.3. The summed E-state index contributed by atoms with van der Waals surface area (Å²) in [7, 11) is -3.78. The van der Waals surface area contributed by atoms with Crippen LogP contribution in [0.5, 0.6) is 0 Å². The van der Waals surface area contributed by atoms with E-state index in [1.807, 2.05) is 25.1 Å². The highest BCUT2D eigenvalue weighted by atomic mass is 32.2. The second-order valence-electron chi connectivity index (χ2n) is 6.78. The van der Waals surface area contributed by atoms with Gasteiger partial charge >= 0.3 is 0 Å². The molecule has 7 heteroatoms. The molecule has 0 atom stereocenters. The highest BCUT2D eigenvalue weighted by Gasteiger charge is 2.23. The van der Waals surface area contributed by atoms with Crippen molar-refractivity contribution in [1.29, 1.82) is 0 Å². The maximum atomic E-state index is 12.5. The minimum atomic E-state index is -3.78. The molecule has 142 valence electrons. The maximum absolute atomic E-state index is 12.5. The summed E-state index contributed by atoms with van der Waals surface area (Å²) in [6.07, 6.45) is 0.944. The van der Waals surface area contributed by atoms with Gasteiger partial charge in [-0.05, 0) is 42.2 Å². The van der Waals surface area contributed by atoms with E-state index in [1.165, 1.54) is 12.1 Å². The van der Waals surface area contributed by atoms with Crippen molar-refractivity contribution in [3.63, 3.8) is 0 Å². The summed E-state index contributed by atoms with van der Waals surface area (Å²) in [5, 5.41) is 5.19. The van der Waals surface area contributed by atoms with E-state index in [1.54, 1.807) is 17.0 Å². The van der Waals surface area contributed by atoms with Gasteiger partial charge in [-0.15, -0.1) is 0 Å². The number of hydrogen-bond acceptors (Lipinski definition) is 4. The van der Waals surface area contributed by atoms with Crippen molar-refractivity contribution in [2.45, 2.75) is 37.6 Å². The number of ketones is 1. The third-order valence-corrected chi connectivity index (χ3v) is 5.79. The molecule has 0 bridgehead atoms. The number of Topliss-reactive ketones (excluding diaryl/α,β-unsaturated/α-hetero) is 1. The summed E-state index contributed by atoms with van der Waals surface area (Å²) in [6.45, 7) is 2.76. The Morgan fingerprint density at radius 1 is 1.07 bits per heavy atom. The van der Waals surface area contributed by atoms with Gasteiger partial charge in [0.05, 0.1) is 4.90 Å². The van der Waals surface area contributed by atoms with E-state index in [2.05, 4.69) is 0 Å². The Hall–Kier alpha value is -2.51. The normalized spacial score (nSPS) is 13.9. The molecule has 1 heterocycles. The Morgan fingerprint density at radius 3 is 2.52 bits per heavy atom. The maximum Gasteiger partial charge on any atom is 0.238 e. The number of amides is 1. The zero-order valence-electron chi connectivity index (χ0n) is 15.1. The van der Waals surface area contributed by atoms with Crippen LogP contribution < -0.4 is 5.14 Å². The molecular weight excluding hydrogens is 364 g/mol. The van der Waals surface area contributed by atoms with Gasteiger partial charge in [-0.25, -0.2) is 13.6 Å². The number of hydrogen-bond donors (Lipinski definition) is 1. The second-order valence-corrected chi connectivity index (χ2v) is 8.34. The van der Waals surface area contributed by atoms with Crippen LogP contribution in [0.1, 0.15) is 39.9 Å². The lowest BCUT2D eigenvalue weighted by Crippen LogP contribution is -2.36. The Balaban J connectivity index is 1.65. The predicted molar refractivity (Wildman–Crippen MR) is 102 cm³/mol. The number of rotatable bonds is 5. The quantitative estimate of drug-likeness (QED) is 0.797. The lowest BCUT2D eigenvalue weighted by atomic mass is 9.98. The third kappa shape index (κ3) is 4.43. The van der Waals surface area contributed by atoms with Crippen LogP contribution in [0.15, 0.2) is 47.4 Å². The van der Waals surface area contributed by atoms with Crippen LogP contribution in [0.3, 0.4) is 0 Å². The molecule has 0 saturated carbocycles. The summed E-state index contributed by atoms with van der Waals surface area (Å²) in [4.78, 5) is 26.6. The summed E-state index contributed by atoms with van der Waals surface area (Å²) in [5.41, 5.74) is 3.35. The minimum absolute atomic E-state index is 0.0460. The lowest BCUT2D eigenvalue weighted by molar-refractivity contribution is -0.132. The standard InChI is InChI=1S/C20H22N2O4S/c1-14-4-2-3-5-18(14)19(23)8-9-20(24)22-11-10-15-6-7-17(27(21,25)26)12-16(15)13-22/h2-7,12H,8-11,13H2,1H3,(H2,21,25,26). The molecule has 0 spiro atoms. The van der Waals surface area contributed by atoms with E-state index in [0.29, 0.717) is 25.1 Å². The Labute approximate surface area is 159 Å². The van der Waals surface area contributed by atoms with Gasteiger partial charge in [0.2, 0.25) is 15.9 Å². The lowest BCUT2D eigenvalue weighted by Gasteiger charge is -2.29. The van der Waals surface area contributed by atoms with Crippen molar-refractivity contribution in [1.82, 2.24) is 4.90 Å². The van der Waals surface area contributed by atoms with Crippen LogP contribution in [0.4, 0.5) is 0 Å². The van der Waals surface area contributed by atoms with E-state index in [0.717, 1.165) is 16.7 Å². The molecule has 0 saturated heterocycles. The van der Waals surface area contributed by atoms with Crippen LogP contribution >= 0.6 is 0 Å². The summed E-state index contributed by atoms with van der Waals surface area (Å²) < 4.78 is 23.1. The van der Waals surface area contributed by atoms with Gasteiger partial charge in [0.25, 0.3) is 0 Å². The number of carbonyl (C=O) groups is 2. The first-order chi connectivity index (χ1) is 12.8. The number of nitrogens with two attached hydrogens (primary N) is 1. The topological polar surface area (TPSA) is 97.5 Å². The Bertz CT molecular complexity index is 999. The van der Waals surface area contributed by atoms with Gasteiger partial charge in [0.1, 0.15) is 0 Å². The minimum Gasteiger partial charge on any atom is -0.338 e. The van der Waals surface area contributed by atoms with Crippen molar-refractivity contribution < 1.29 is 18.0 Å². The highest BCUT2D eigenvalue weighted by molar-refractivity contribution is 7.89. The van der Waals surface area contributed by atoms with Gasteiger partial charge in [-0.1, -0.05) is 30.3 Å². The van der Waals surface area contributed by atoms with Crippen LogP contribution in [0.25, 0.3) is 0 Å². The molecular formula is C20H22N2O4S. The molecule has 0 aromatic heterocycles. The van der Waals surface area contributed by atoms with Crippen LogP contribution in [0, 0.1) is 6.92 Å². The van der Waals surface area contributed by atoms with Gasteiger partial charge in [-0.3, -0.25) is 9.59 Å². The molecule has 0 fully saturated rings. The first-order valence-corrected chi connectivity index (χ1v) is 10.3. The Kier molecular flexibility index (Phi) is 5.43. The molecule has 27 heavy (non-hydrogen) atoms. The SMILES string of the molecule is Cc1ccccc1C(=O)CCC(=O)N1CCc2ccc(S(N)(=O)=O)cc2C1. The molecule has 2 N–H and O–H groups in total. The summed E-state index contributed by atoms with van der Waals surface area (Å²) >= 11 is 0. The molecule has 0 radical (unpaired) electrons. The number of sulfonamides is 1. The number of aryl methyl sites for hydroxylation is 1. The van der Waals surface area contributed by atoms with Crippen molar-refractivity contribution >= 4 is 21.7 Å². The molecule has 3 rings (SSSR count). The fraction of sp³-hybridized carbons (Fsp3) is 0.300. The largest absolute Gasteiger partial charge is 0.338 e. The zero-order valence-corrected chi connectivity index (χ0v) is 16.0. The van der Waals surface area contributed by atoms with Crippen molar-refractivity contribution in [3.05, 3.63) is 64.7 Å². The molecule has 0 unspecified atom stereocenters. The molecule has 1 amide bonds. The fourth-order valence-corrected chi connectivity index (χ4v) is 3.89. The van der Waals surface area contributed by atoms with Crippen LogP contribution in [0.2, 0.25) is 0 Å². The molecule has 2 aromatic rings. The Morgan fingerprint density at radius 2 is 1.81 bits per heavy atom. The number of benzene rings is 2. The number of nitrogens with zero attached hydrogens (tertiary/aromatic N) is 1. The van der Waals surface area contributed by atoms with Crippen LogP contribution in [-0.2, 0) is 27.8 Å². The average molecular weight is 386 g/mol. The van der Waals surface area contributed by atoms with Crippen molar-refractivity contribution in [3.8, 4) is 0 Å². The molecule has 6 nitrogen and oxygen atoms in total. The number of fused-ring (bicyclic) bond motifs is 1. The van der Waals surface area contributed by atoms with Crippen LogP contribution in [-0.4, -0.2) is 31.6 Å². The molecule has 2 aromatic carbocycles. The van der Waals surface area contributed by atoms with Gasteiger partial charge in [0, 0.05) is 31.5 Å². The van der Waals surface area contributed by atoms with E-state index in [-0.39, 0.29) is 29.4 Å². The smallest absolute Gasteiger partial charge is 0.238 e. The summed E-state index contributed by atoms with van der Waals surface area (Å²) in [5.74, 6) is -0.154. The van der Waals surface area contributed by atoms with Gasteiger partial charge in [-0.2, -0.15) is 0 Å². The number of carbonyl (C=O) groups excluding carboxylic acids is 2. The molecule has 1 aliphatic heterocycles. The zero-order chi connectivity index (χ0) is 19.6. The average Bonchev–Trinajstić information content (AvgIpc) is 2.64. The van der Waals surface area contributed by atoms with Crippen molar-refractivity contribution in [2.75, 3.05) is 6.54 Å².